The minimum atomic E-state index is 0.447. The van der Waals surface area contributed by atoms with Crippen molar-refractivity contribution in [1.82, 2.24) is 5.32 Å². The summed E-state index contributed by atoms with van der Waals surface area (Å²) in [5.74, 6) is 0.646. The first-order chi connectivity index (χ1) is 9.19. The van der Waals surface area contributed by atoms with Gasteiger partial charge in [-0.15, -0.1) is 0 Å². The number of hydrogen-bond donors (Lipinski definition) is 1. The summed E-state index contributed by atoms with van der Waals surface area (Å²) in [7, 11) is 3.29. The van der Waals surface area contributed by atoms with Crippen LogP contribution in [0.1, 0.15) is 5.56 Å². The van der Waals surface area contributed by atoms with E-state index in [0.29, 0.717) is 42.2 Å². The van der Waals surface area contributed by atoms with E-state index in [-0.39, 0.29) is 0 Å². The van der Waals surface area contributed by atoms with Crippen LogP contribution in [-0.4, -0.2) is 40.6 Å². The molecule has 0 atom stereocenters. The van der Waals surface area contributed by atoms with Crippen LogP contribution in [0.25, 0.3) is 0 Å². The second-order valence-electron chi connectivity index (χ2n) is 3.89. The highest BCUT2D eigenvalue weighted by Crippen LogP contribution is 2.32. The zero-order chi connectivity index (χ0) is 14.1. The lowest BCUT2D eigenvalue weighted by atomic mass is 10.2. The molecule has 0 aliphatic rings. The number of benzene rings is 1. The molecule has 1 rings (SSSR count). The molecular weight excluding hydrogens is 289 g/mol. The Hall–Kier alpha value is -0.520. The maximum absolute atomic E-state index is 6.15. The van der Waals surface area contributed by atoms with Crippen LogP contribution in [0.5, 0.6) is 5.75 Å². The lowest BCUT2D eigenvalue weighted by Crippen LogP contribution is -2.19. The fourth-order valence-electron chi connectivity index (χ4n) is 1.53. The van der Waals surface area contributed by atoms with E-state index in [1.165, 1.54) is 0 Å². The average Bonchev–Trinajstić information content (AvgIpc) is 2.37. The first-order valence-electron chi connectivity index (χ1n) is 5.98. The summed E-state index contributed by atoms with van der Waals surface area (Å²) in [4.78, 5) is 0. The Kier molecular flexibility index (Phi) is 8.18. The van der Waals surface area contributed by atoms with Crippen molar-refractivity contribution in [3.8, 4) is 5.75 Å². The summed E-state index contributed by atoms with van der Waals surface area (Å²) in [5, 5.41) is 4.33. The molecule has 19 heavy (non-hydrogen) atoms. The summed E-state index contributed by atoms with van der Waals surface area (Å²) >= 11 is 12.2. The molecule has 0 unspecified atom stereocenters. The van der Waals surface area contributed by atoms with E-state index >= 15 is 0 Å². The zero-order valence-corrected chi connectivity index (χ0v) is 12.7. The third-order valence-corrected chi connectivity index (χ3v) is 2.92. The van der Waals surface area contributed by atoms with Crippen LogP contribution in [0.3, 0.4) is 0 Å². The van der Waals surface area contributed by atoms with E-state index in [0.717, 1.165) is 12.1 Å². The molecule has 0 saturated heterocycles. The van der Waals surface area contributed by atoms with Gasteiger partial charge in [0.2, 0.25) is 0 Å². The van der Waals surface area contributed by atoms with E-state index in [4.69, 9.17) is 37.4 Å². The Morgan fingerprint density at radius 2 is 1.79 bits per heavy atom. The van der Waals surface area contributed by atoms with Crippen molar-refractivity contribution < 1.29 is 14.2 Å². The quantitative estimate of drug-likeness (QED) is 0.712. The van der Waals surface area contributed by atoms with Gasteiger partial charge in [-0.25, -0.2) is 0 Å². The zero-order valence-electron chi connectivity index (χ0n) is 11.2. The molecule has 0 fully saturated rings. The maximum atomic E-state index is 6.15. The standard InChI is InChI=1S/C13H19Cl2NO3/c1-17-4-3-16-9-10-7-11(14)8-12(15)13(10)19-6-5-18-2/h7-8,16H,3-6,9H2,1-2H3. The van der Waals surface area contributed by atoms with Crippen molar-refractivity contribution in [3.63, 3.8) is 0 Å². The van der Waals surface area contributed by atoms with E-state index in [9.17, 15) is 0 Å². The highest BCUT2D eigenvalue weighted by Gasteiger charge is 2.10. The third-order valence-electron chi connectivity index (χ3n) is 2.42. The van der Waals surface area contributed by atoms with Crippen LogP contribution in [0, 0.1) is 0 Å². The number of halogens is 2. The molecule has 0 radical (unpaired) electrons. The van der Waals surface area contributed by atoms with Gasteiger partial charge < -0.3 is 19.5 Å². The first kappa shape index (κ1) is 16.5. The van der Waals surface area contributed by atoms with E-state index in [1.807, 2.05) is 6.07 Å². The van der Waals surface area contributed by atoms with Gasteiger partial charge in [0.1, 0.15) is 12.4 Å². The molecule has 6 heteroatoms. The molecule has 0 amide bonds. The monoisotopic (exact) mass is 307 g/mol. The Morgan fingerprint density at radius 3 is 2.47 bits per heavy atom. The summed E-state index contributed by atoms with van der Waals surface area (Å²) in [6.45, 7) is 2.97. The molecule has 108 valence electrons. The van der Waals surface area contributed by atoms with Gasteiger partial charge in [0, 0.05) is 37.9 Å². The van der Waals surface area contributed by atoms with Crippen LogP contribution in [0.15, 0.2) is 12.1 Å². The normalized spacial score (nSPS) is 10.7. The topological polar surface area (TPSA) is 39.7 Å². The van der Waals surface area contributed by atoms with Crippen molar-refractivity contribution in [3.05, 3.63) is 27.7 Å². The van der Waals surface area contributed by atoms with E-state index < -0.39 is 0 Å². The van der Waals surface area contributed by atoms with Crippen molar-refractivity contribution in [2.24, 2.45) is 0 Å². The number of hydrogen-bond acceptors (Lipinski definition) is 4. The predicted molar refractivity (Wildman–Crippen MR) is 77.4 cm³/mol. The average molecular weight is 308 g/mol. The van der Waals surface area contributed by atoms with Gasteiger partial charge in [0.05, 0.1) is 18.2 Å². The highest BCUT2D eigenvalue weighted by molar-refractivity contribution is 6.35. The smallest absolute Gasteiger partial charge is 0.142 e. The number of rotatable bonds is 9. The molecule has 1 aromatic carbocycles. The van der Waals surface area contributed by atoms with Gasteiger partial charge in [-0.05, 0) is 12.1 Å². The molecule has 0 heterocycles. The molecule has 1 N–H and O–H groups in total. The fourth-order valence-corrected chi connectivity index (χ4v) is 2.12. The van der Waals surface area contributed by atoms with Crippen LogP contribution in [-0.2, 0) is 16.0 Å². The van der Waals surface area contributed by atoms with E-state index in [1.54, 1.807) is 20.3 Å². The second-order valence-corrected chi connectivity index (χ2v) is 4.73. The highest BCUT2D eigenvalue weighted by atomic mass is 35.5. The van der Waals surface area contributed by atoms with Gasteiger partial charge in [-0.2, -0.15) is 0 Å². The van der Waals surface area contributed by atoms with Crippen molar-refractivity contribution in [1.29, 1.82) is 0 Å². The first-order valence-corrected chi connectivity index (χ1v) is 6.74. The summed E-state index contributed by atoms with van der Waals surface area (Å²) in [6, 6.07) is 3.51. The summed E-state index contributed by atoms with van der Waals surface area (Å²) in [6.07, 6.45) is 0. The fraction of sp³-hybridized carbons (Fsp3) is 0.538. The minimum absolute atomic E-state index is 0.447. The molecule has 0 bridgehead atoms. The van der Waals surface area contributed by atoms with Crippen molar-refractivity contribution >= 4 is 23.2 Å². The van der Waals surface area contributed by atoms with Crippen LogP contribution in [0.2, 0.25) is 10.0 Å². The Labute approximate surface area is 123 Å². The van der Waals surface area contributed by atoms with Gasteiger partial charge in [0.25, 0.3) is 0 Å². The maximum Gasteiger partial charge on any atom is 0.142 e. The van der Waals surface area contributed by atoms with Gasteiger partial charge >= 0.3 is 0 Å². The van der Waals surface area contributed by atoms with Crippen molar-refractivity contribution in [2.45, 2.75) is 6.54 Å². The Bertz CT molecular complexity index is 388. The predicted octanol–water partition coefficient (Wildman–Crippen LogP) is 2.75. The molecule has 4 nitrogen and oxygen atoms in total. The van der Waals surface area contributed by atoms with E-state index in [2.05, 4.69) is 5.32 Å². The molecule has 0 aromatic heterocycles. The largest absolute Gasteiger partial charge is 0.489 e. The summed E-state index contributed by atoms with van der Waals surface area (Å²) in [5.41, 5.74) is 0.921. The lowest BCUT2D eigenvalue weighted by Gasteiger charge is -2.14. The third kappa shape index (κ3) is 5.97. The number of methoxy groups -OCH3 is 2. The van der Waals surface area contributed by atoms with Crippen LogP contribution in [0.4, 0.5) is 0 Å². The molecule has 0 saturated carbocycles. The van der Waals surface area contributed by atoms with Gasteiger partial charge in [-0.3, -0.25) is 0 Å². The van der Waals surface area contributed by atoms with Gasteiger partial charge in [0.15, 0.2) is 0 Å². The summed E-state index contributed by atoms with van der Waals surface area (Å²) < 4.78 is 15.6. The lowest BCUT2D eigenvalue weighted by molar-refractivity contribution is 0.145. The number of ether oxygens (including phenoxy) is 3. The van der Waals surface area contributed by atoms with Crippen molar-refractivity contribution in [2.75, 3.05) is 40.6 Å². The Balaban J connectivity index is 2.69. The van der Waals surface area contributed by atoms with Crippen LogP contribution < -0.4 is 10.1 Å². The van der Waals surface area contributed by atoms with Crippen LogP contribution >= 0.6 is 23.2 Å². The number of nitrogens with one attached hydrogen (secondary N) is 1. The SMILES string of the molecule is COCCNCc1cc(Cl)cc(Cl)c1OCCOC. The Morgan fingerprint density at radius 1 is 1.05 bits per heavy atom. The second kappa shape index (κ2) is 9.39. The van der Waals surface area contributed by atoms with Gasteiger partial charge in [-0.1, -0.05) is 23.2 Å². The molecular formula is C13H19Cl2NO3. The molecule has 1 aromatic rings. The molecule has 0 aliphatic carbocycles. The molecule has 0 aliphatic heterocycles. The minimum Gasteiger partial charge on any atom is -0.489 e. The molecule has 0 spiro atoms.